The molecule has 3 heterocycles. The Morgan fingerprint density at radius 2 is 1.90 bits per heavy atom. The van der Waals surface area contributed by atoms with Gasteiger partial charge in [0.25, 0.3) is 0 Å². The van der Waals surface area contributed by atoms with Crippen molar-refractivity contribution < 1.29 is 9.53 Å². The van der Waals surface area contributed by atoms with Crippen LogP contribution >= 0.6 is 0 Å². The number of hydrogen-bond acceptors (Lipinski definition) is 5. The number of aromatic nitrogens is 4. The van der Waals surface area contributed by atoms with E-state index in [0.29, 0.717) is 30.3 Å². The van der Waals surface area contributed by atoms with E-state index in [1.54, 1.807) is 4.68 Å². The Hall–Kier alpha value is -2.64. The van der Waals surface area contributed by atoms with Crippen molar-refractivity contribution in [3.8, 4) is 11.7 Å². The zero-order valence-electron chi connectivity index (χ0n) is 17.3. The minimum absolute atomic E-state index is 0.0987. The minimum Gasteiger partial charge on any atom is -0.477 e. The molecule has 0 atom stereocenters. The molecule has 1 aliphatic carbocycles. The van der Waals surface area contributed by atoms with E-state index in [9.17, 15) is 4.79 Å². The third-order valence-electron chi connectivity index (χ3n) is 5.91. The first-order valence-electron chi connectivity index (χ1n) is 10.6. The fourth-order valence-corrected chi connectivity index (χ4v) is 4.23. The SMILES string of the molecule is Cc1cc(C)n(-c2cc(OCC3CCN(C(=O)NC4CCCC4)CC3)ncn2)n1. The van der Waals surface area contributed by atoms with Gasteiger partial charge in [0, 0.05) is 30.9 Å². The molecule has 2 aliphatic rings. The zero-order valence-corrected chi connectivity index (χ0v) is 17.3. The van der Waals surface area contributed by atoms with Crippen molar-refractivity contribution in [1.82, 2.24) is 30.0 Å². The maximum atomic E-state index is 12.4. The molecular weight excluding hydrogens is 368 g/mol. The molecule has 0 spiro atoms. The van der Waals surface area contributed by atoms with Crippen LogP contribution in [0.5, 0.6) is 5.88 Å². The van der Waals surface area contributed by atoms with E-state index >= 15 is 0 Å². The maximum absolute atomic E-state index is 12.4. The second kappa shape index (κ2) is 8.80. The third-order valence-corrected chi connectivity index (χ3v) is 5.91. The Balaban J connectivity index is 1.26. The Labute approximate surface area is 171 Å². The van der Waals surface area contributed by atoms with Gasteiger partial charge in [0.15, 0.2) is 5.82 Å². The van der Waals surface area contributed by atoms with E-state index in [1.807, 2.05) is 30.9 Å². The smallest absolute Gasteiger partial charge is 0.317 e. The number of carbonyl (C=O) groups excluding carboxylic acids is 1. The van der Waals surface area contributed by atoms with Crippen molar-refractivity contribution in [1.29, 1.82) is 0 Å². The van der Waals surface area contributed by atoms with Gasteiger partial charge in [0.2, 0.25) is 5.88 Å². The van der Waals surface area contributed by atoms with Gasteiger partial charge in [0.05, 0.1) is 12.3 Å². The van der Waals surface area contributed by atoms with Crippen molar-refractivity contribution in [3.05, 3.63) is 29.8 Å². The van der Waals surface area contributed by atoms with Crippen molar-refractivity contribution >= 4 is 6.03 Å². The maximum Gasteiger partial charge on any atom is 0.317 e. The number of urea groups is 1. The van der Waals surface area contributed by atoms with Gasteiger partial charge in [-0.3, -0.25) is 0 Å². The monoisotopic (exact) mass is 398 g/mol. The Morgan fingerprint density at radius 3 is 2.59 bits per heavy atom. The number of rotatable bonds is 5. The van der Waals surface area contributed by atoms with Crippen LogP contribution in [0.25, 0.3) is 5.82 Å². The summed E-state index contributed by atoms with van der Waals surface area (Å²) in [5, 5.41) is 7.64. The number of nitrogens with zero attached hydrogens (tertiary/aromatic N) is 5. The van der Waals surface area contributed by atoms with E-state index in [4.69, 9.17) is 4.74 Å². The van der Waals surface area contributed by atoms with Crippen LogP contribution < -0.4 is 10.1 Å². The molecule has 0 aromatic carbocycles. The molecule has 1 aliphatic heterocycles. The lowest BCUT2D eigenvalue weighted by atomic mass is 9.98. The predicted molar refractivity (Wildman–Crippen MR) is 109 cm³/mol. The summed E-state index contributed by atoms with van der Waals surface area (Å²) in [6.07, 6.45) is 8.12. The summed E-state index contributed by atoms with van der Waals surface area (Å²) in [5.74, 6) is 1.69. The zero-order chi connectivity index (χ0) is 20.2. The lowest BCUT2D eigenvalue weighted by Crippen LogP contribution is -2.47. The van der Waals surface area contributed by atoms with E-state index < -0.39 is 0 Å². The van der Waals surface area contributed by atoms with Gasteiger partial charge in [-0.15, -0.1) is 0 Å². The van der Waals surface area contributed by atoms with Crippen molar-refractivity contribution in [2.45, 2.75) is 58.4 Å². The Bertz CT molecular complexity index is 837. The standard InChI is InChI=1S/C21H30N6O2/c1-15-11-16(2)27(25-15)19-12-20(23-14-22-19)29-13-17-7-9-26(10-8-17)21(28)24-18-5-3-4-6-18/h11-12,14,17-18H,3-10,13H2,1-2H3,(H,24,28). The third kappa shape index (κ3) is 4.86. The lowest BCUT2D eigenvalue weighted by molar-refractivity contribution is 0.141. The van der Waals surface area contributed by atoms with Gasteiger partial charge in [-0.2, -0.15) is 5.10 Å². The highest BCUT2D eigenvalue weighted by atomic mass is 16.5. The number of nitrogens with one attached hydrogen (secondary N) is 1. The quantitative estimate of drug-likeness (QED) is 0.837. The van der Waals surface area contributed by atoms with E-state index in [0.717, 1.165) is 50.2 Å². The molecule has 4 rings (SSSR count). The Kier molecular flexibility index (Phi) is 5.97. The second-order valence-electron chi connectivity index (χ2n) is 8.23. The summed E-state index contributed by atoms with van der Waals surface area (Å²) in [6.45, 7) is 6.13. The summed E-state index contributed by atoms with van der Waals surface area (Å²) in [6, 6.07) is 4.31. The van der Waals surface area contributed by atoms with Crippen molar-refractivity contribution in [3.63, 3.8) is 0 Å². The van der Waals surface area contributed by atoms with Crippen LogP contribution in [0.4, 0.5) is 4.79 Å². The molecular formula is C21H30N6O2. The largest absolute Gasteiger partial charge is 0.477 e. The molecule has 1 saturated heterocycles. The van der Waals surface area contributed by atoms with Gasteiger partial charge >= 0.3 is 6.03 Å². The number of ether oxygens (including phenoxy) is 1. The minimum atomic E-state index is 0.0987. The van der Waals surface area contributed by atoms with Crippen LogP contribution in [-0.4, -0.2) is 56.4 Å². The number of piperidine rings is 1. The van der Waals surface area contributed by atoms with Crippen molar-refractivity contribution in [2.24, 2.45) is 5.92 Å². The molecule has 1 N–H and O–H groups in total. The molecule has 156 valence electrons. The highest BCUT2D eigenvalue weighted by Gasteiger charge is 2.25. The fraction of sp³-hybridized carbons (Fsp3) is 0.619. The van der Waals surface area contributed by atoms with Crippen LogP contribution in [0.1, 0.15) is 49.9 Å². The van der Waals surface area contributed by atoms with Gasteiger partial charge < -0.3 is 15.0 Å². The van der Waals surface area contributed by atoms with Gasteiger partial charge in [-0.1, -0.05) is 12.8 Å². The molecule has 8 heteroatoms. The van der Waals surface area contributed by atoms with Crippen LogP contribution in [0.3, 0.4) is 0 Å². The van der Waals surface area contributed by atoms with Crippen LogP contribution in [0.2, 0.25) is 0 Å². The molecule has 8 nitrogen and oxygen atoms in total. The molecule has 0 bridgehead atoms. The summed E-state index contributed by atoms with van der Waals surface area (Å²) < 4.78 is 7.74. The molecule has 0 radical (unpaired) electrons. The van der Waals surface area contributed by atoms with Gasteiger partial charge in [-0.25, -0.2) is 19.4 Å². The van der Waals surface area contributed by atoms with Crippen LogP contribution in [0.15, 0.2) is 18.5 Å². The number of aryl methyl sites for hydroxylation is 2. The van der Waals surface area contributed by atoms with Crippen molar-refractivity contribution in [2.75, 3.05) is 19.7 Å². The normalized spacial score (nSPS) is 18.2. The molecule has 29 heavy (non-hydrogen) atoms. The molecule has 2 aromatic heterocycles. The van der Waals surface area contributed by atoms with Crippen LogP contribution in [0, 0.1) is 19.8 Å². The number of hydrogen-bond donors (Lipinski definition) is 1. The highest BCUT2D eigenvalue weighted by Crippen LogP contribution is 2.21. The lowest BCUT2D eigenvalue weighted by Gasteiger charge is -2.32. The molecule has 0 unspecified atom stereocenters. The van der Waals surface area contributed by atoms with E-state index in [2.05, 4.69) is 20.4 Å². The second-order valence-corrected chi connectivity index (χ2v) is 8.23. The molecule has 2 fully saturated rings. The van der Waals surface area contributed by atoms with Gasteiger partial charge in [0.1, 0.15) is 6.33 Å². The summed E-state index contributed by atoms with van der Waals surface area (Å²) >= 11 is 0. The summed E-state index contributed by atoms with van der Waals surface area (Å²) in [7, 11) is 0. The Morgan fingerprint density at radius 1 is 1.14 bits per heavy atom. The average Bonchev–Trinajstić information content (AvgIpc) is 3.36. The van der Waals surface area contributed by atoms with Gasteiger partial charge in [-0.05, 0) is 51.5 Å². The van der Waals surface area contributed by atoms with E-state index in [-0.39, 0.29) is 6.03 Å². The van der Waals surface area contributed by atoms with Crippen LogP contribution in [-0.2, 0) is 0 Å². The predicted octanol–water partition coefficient (Wildman–Crippen LogP) is 3.02. The first-order chi connectivity index (χ1) is 14.1. The number of carbonyl (C=O) groups is 1. The average molecular weight is 399 g/mol. The fourth-order valence-electron chi connectivity index (χ4n) is 4.23. The molecule has 2 amide bonds. The molecule has 2 aromatic rings. The first-order valence-corrected chi connectivity index (χ1v) is 10.6. The topological polar surface area (TPSA) is 85.2 Å². The summed E-state index contributed by atoms with van der Waals surface area (Å²) in [5.41, 5.74) is 1.97. The van der Waals surface area contributed by atoms with E-state index in [1.165, 1.54) is 19.2 Å². The first kappa shape index (κ1) is 19.7. The number of likely N-dealkylation sites (tertiary alicyclic amines) is 1. The highest BCUT2D eigenvalue weighted by molar-refractivity contribution is 5.74. The summed E-state index contributed by atoms with van der Waals surface area (Å²) in [4.78, 5) is 22.9. The molecule has 1 saturated carbocycles. The number of amides is 2.